The average molecular weight is 661 g/mol. The number of fused-ring (bicyclic) bond motifs is 8. The number of nitrogens with zero attached hydrogens (tertiary/aromatic N) is 2. The number of rotatable bonds is 8. The molecule has 0 spiro atoms. The standard InChI is InChI=1S/C34H36N4O6.K.Na.2H/c1-7-19-15(3)23-12-25-17(5)21(9-10-29(39)40)32(37-25)22(11-30(41)42)33-31(34(43)44)18(6)26(38-33)14-28-20(8-2)16(4)24(36-28)13-27(19)35-23;;;;/h7,12-14,17,21,35-36H,1,8-11H2,2-6H3,(H,39,40)(H,41,42)(H,43,44);;;;/t17-,21-;;;;/m0..../s1. The van der Waals surface area contributed by atoms with Crippen molar-refractivity contribution in [3.05, 3.63) is 75.4 Å². The summed E-state index contributed by atoms with van der Waals surface area (Å²) in [6, 6.07) is 5.75. The van der Waals surface area contributed by atoms with Crippen LogP contribution in [0.4, 0.5) is 0 Å². The molecule has 0 saturated carbocycles. The predicted octanol–water partition coefficient (Wildman–Crippen LogP) is 5.23. The number of aromatic amines is 2. The molecule has 232 valence electrons. The van der Waals surface area contributed by atoms with Crippen LogP contribution in [-0.2, 0) is 27.2 Å². The van der Waals surface area contributed by atoms with E-state index in [0.29, 0.717) is 29.1 Å². The topological polar surface area (TPSA) is 169 Å². The van der Waals surface area contributed by atoms with Crippen molar-refractivity contribution in [3.8, 4) is 0 Å². The van der Waals surface area contributed by atoms with E-state index < -0.39 is 30.2 Å². The molecule has 46 heavy (non-hydrogen) atoms. The van der Waals surface area contributed by atoms with Gasteiger partial charge in [0.25, 0.3) is 0 Å². The normalized spacial score (nSPS) is 15.6. The monoisotopic (exact) mass is 660 g/mol. The van der Waals surface area contributed by atoms with E-state index in [2.05, 4.69) is 16.5 Å². The van der Waals surface area contributed by atoms with Gasteiger partial charge in [-0.05, 0) is 74.1 Å². The molecule has 3 aromatic heterocycles. The number of carboxylic acids is 3. The van der Waals surface area contributed by atoms with Crippen LogP contribution in [0.2, 0.25) is 0 Å². The molecule has 8 bridgehead atoms. The fraction of sp³-hybridized carbons (Fsp3) is 0.324. The third kappa shape index (κ3) is 7.07. The minimum absolute atomic E-state index is 0. The Kier molecular flexibility index (Phi) is 12.6. The van der Waals surface area contributed by atoms with E-state index in [-0.39, 0.29) is 117 Å². The summed E-state index contributed by atoms with van der Waals surface area (Å²) in [6.07, 6.45) is 2.03. The number of aliphatic carboxylic acids is 3. The predicted molar refractivity (Wildman–Crippen MR) is 184 cm³/mol. The average Bonchev–Trinajstić information content (AvgIpc) is 3.63. The number of aryl methyl sites for hydroxylation is 3. The van der Waals surface area contributed by atoms with Crippen molar-refractivity contribution in [2.24, 2.45) is 0 Å². The molecule has 0 saturated heterocycles. The Balaban J connectivity index is 0.00000288. The molecule has 2 aliphatic heterocycles. The number of H-pyrrole nitrogens is 2. The van der Waals surface area contributed by atoms with E-state index in [0.717, 1.165) is 44.3 Å². The van der Waals surface area contributed by atoms with Gasteiger partial charge < -0.3 is 25.3 Å². The first-order chi connectivity index (χ1) is 20.9. The van der Waals surface area contributed by atoms with Crippen molar-refractivity contribution < 1.29 is 29.7 Å². The summed E-state index contributed by atoms with van der Waals surface area (Å²) in [4.78, 5) is 53.2. The molecule has 0 fully saturated rings. The zero-order valence-electron chi connectivity index (χ0n) is 25.5. The molecule has 2 aliphatic rings. The molecule has 5 rings (SSSR count). The second-order valence-electron chi connectivity index (χ2n) is 11.5. The Labute approximate surface area is 331 Å². The van der Waals surface area contributed by atoms with Crippen LogP contribution >= 0.6 is 0 Å². The zero-order valence-corrected chi connectivity index (χ0v) is 25.5. The number of hydrogen-bond donors (Lipinski definition) is 5. The molecule has 5 heterocycles. The summed E-state index contributed by atoms with van der Waals surface area (Å²) < 4.78 is 0. The van der Waals surface area contributed by atoms with E-state index in [1.165, 1.54) is 0 Å². The van der Waals surface area contributed by atoms with E-state index in [9.17, 15) is 29.7 Å². The van der Waals surface area contributed by atoms with Crippen molar-refractivity contribution >= 4 is 138 Å². The fourth-order valence-corrected chi connectivity index (χ4v) is 6.53. The minimum atomic E-state index is -1.23. The van der Waals surface area contributed by atoms with Crippen LogP contribution in [0.3, 0.4) is 0 Å². The molecule has 10 nitrogen and oxygen atoms in total. The van der Waals surface area contributed by atoms with Gasteiger partial charge in [0, 0.05) is 57.1 Å². The molecule has 3 aromatic rings. The molecule has 0 aromatic carbocycles. The Morgan fingerprint density at radius 3 is 2.15 bits per heavy atom. The number of carbonyl (C=O) groups is 3. The maximum absolute atomic E-state index is 12.7. The molecule has 0 radical (unpaired) electrons. The van der Waals surface area contributed by atoms with Crippen molar-refractivity contribution in [1.29, 1.82) is 0 Å². The SMILES string of the molecule is C=Cc1c(C)c2cc3nc(c(CC(=O)O)c4nc(cc5[nH]c(cc1[nH]2)c(C)c5CC)C(C)=C4C(=O)O)[C@@H](CCC(=O)O)[C@@H]3C.[KH].[NaH]. The first-order valence-corrected chi connectivity index (χ1v) is 14.6. The van der Waals surface area contributed by atoms with E-state index >= 15 is 0 Å². The second kappa shape index (κ2) is 15.2. The first-order valence-electron chi connectivity index (χ1n) is 14.6. The molecule has 5 N–H and O–H groups in total. The molecule has 2 atom stereocenters. The van der Waals surface area contributed by atoms with Crippen molar-refractivity contribution in [2.45, 2.75) is 72.1 Å². The third-order valence-corrected chi connectivity index (χ3v) is 8.94. The maximum atomic E-state index is 12.7. The second-order valence-corrected chi connectivity index (χ2v) is 11.5. The number of carboxylic acid groups (broad SMARTS) is 3. The van der Waals surface area contributed by atoms with Gasteiger partial charge in [-0.15, -0.1) is 0 Å². The number of hydrogen-bond acceptors (Lipinski definition) is 5. The molecular weight excluding hydrogens is 622 g/mol. The van der Waals surface area contributed by atoms with Crippen LogP contribution in [0.15, 0.2) is 24.8 Å². The summed E-state index contributed by atoms with van der Waals surface area (Å²) >= 11 is 0. The molecule has 0 unspecified atom stereocenters. The Bertz CT molecular complexity index is 1960. The number of allylic oxidation sites excluding steroid dienone is 1. The number of nitrogens with one attached hydrogen (secondary N) is 2. The van der Waals surface area contributed by atoms with Gasteiger partial charge >= 0.3 is 98.8 Å². The van der Waals surface area contributed by atoms with Gasteiger partial charge in [-0.25, -0.2) is 9.78 Å². The summed E-state index contributed by atoms with van der Waals surface area (Å²) in [5.41, 5.74) is 9.23. The van der Waals surface area contributed by atoms with Crippen LogP contribution < -0.4 is 0 Å². The van der Waals surface area contributed by atoms with Gasteiger partial charge in [0.2, 0.25) is 0 Å². The van der Waals surface area contributed by atoms with E-state index in [1.807, 2.05) is 45.9 Å². The van der Waals surface area contributed by atoms with E-state index in [4.69, 9.17) is 9.97 Å². The Morgan fingerprint density at radius 2 is 1.57 bits per heavy atom. The molecule has 12 heteroatoms. The zero-order chi connectivity index (χ0) is 32.0. The summed E-state index contributed by atoms with van der Waals surface area (Å²) in [6.45, 7) is 13.7. The quantitative estimate of drug-likeness (QED) is 0.205. The van der Waals surface area contributed by atoms with Crippen LogP contribution in [0.1, 0.15) is 96.0 Å². The molecule has 0 aliphatic carbocycles. The van der Waals surface area contributed by atoms with Crippen LogP contribution in [-0.4, -0.2) is 134 Å². The number of aromatic nitrogens is 4. The van der Waals surface area contributed by atoms with Crippen LogP contribution in [0.25, 0.3) is 39.3 Å². The van der Waals surface area contributed by atoms with Crippen molar-refractivity contribution in [3.63, 3.8) is 0 Å². The first kappa shape index (κ1) is 38.1. The third-order valence-electron chi connectivity index (χ3n) is 8.94. The fourth-order valence-electron chi connectivity index (χ4n) is 6.53. The Morgan fingerprint density at radius 1 is 0.913 bits per heavy atom. The van der Waals surface area contributed by atoms with Gasteiger partial charge in [-0.2, -0.15) is 0 Å². The van der Waals surface area contributed by atoms with Gasteiger partial charge in [-0.1, -0.05) is 26.5 Å². The van der Waals surface area contributed by atoms with Gasteiger partial charge in [0.1, 0.15) is 0 Å². The molecular formula is C34H38KN4NaO6. The summed E-state index contributed by atoms with van der Waals surface area (Å²) in [5, 5.41) is 29.9. The van der Waals surface area contributed by atoms with Crippen LogP contribution in [0.5, 0.6) is 0 Å². The summed E-state index contributed by atoms with van der Waals surface area (Å²) in [5.74, 6) is -4.13. The molecule has 0 amide bonds. The van der Waals surface area contributed by atoms with Gasteiger partial charge in [0.15, 0.2) is 0 Å². The van der Waals surface area contributed by atoms with Crippen molar-refractivity contribution in [2.75, 3.05) is 0 Å². The van der Waals surface area contributed by atoms with Crippen molar-refractivity contribution in [1.82, 2.24) is 19.9 Å². The van der Waals surface area contributed by atoms with Crippen LogP contribution in [0, 0.1) is 13.8 Å². The summed E-state index contributed by atoms with van der Waals surface area (Å²) in [7, 11) is 0. The van der Waals surface area contributed by atoms with Gasteiger partial charge in [-0.3, -0.25) is 14.6 Å². The van der Waals surface area contributed by atoms with E-state index in [1.54, 1.807) is 13.0 Å². The Hall–Kier alpha value is -2.35. The van der Waals surface area contributed by atoms with Gasteiger partial charge in [0.05, 0.1) is 29.1 Å².